The first-order valence-corrected chi connectivity index (χ1v) is 6.89. The number of hydrogen-bond acceptors (Lipinski definition) is 4. The number of aryl methyl sites for hydroxylation is 1. The van der Waals surface area contributed by atoms with Crippen LogP contribution in [0.1, 0.15) is 38.3 Å². The van der Waals surface area contributed by atoms with E-state index in [0.717, 1.165) is 17.4 Å². The molecule has 1 aliphatic rings. The number of rotatable bonds is 2. The van der Waals surface area contributed by atoms with Crippen LogP contribution in [0.5, 0.6) is 0 Å². The fourth-order valence-corrected chi connectivity index (χ4v) is 2.94. The van der Waals surface area contributed by atoms with Gasteiger partial charge in [0.15, 0.2) is 5.82 Å². The summed E-state index contributed by atoms with van der Waals surface area (Å²) in [4.78, 5) is 10.5. The minimum atomic E-state index is 0.271. The van der Waals surface area contributed by atoms with Crippen LogP contribution >= 0.6 is 11.6 Å². The van der Waals surface area contributed by atoms with Crippen LogP contribution in [-0.4, -0.2) is 23.1 Å². The van der Waals surface area contributed by atoms with Crippen molar-refractivity contribution >= 4 is 23.1 Å². The van der Waals surface area contributed by atoms with Crippen molar-refractivity contribution in [2.45, 2.75) is 45.6 Å². The third-order valence-electron chi connectivity index (χ3n) is 3.88. The van der Waals surface area contributed by atoms with Crippen LogP contribution in [-0.2, 0) is 0 Å². The van der Waals surface area contributed by atoms with Crippen LogP contribution < -0.4 is 10.6 Å². The summed E-state index contributed by atoms with van der Waals surface area (Å²) in [5.74, 6) is 1.54. The molecule has 0 aromatic carbocycles. The molecule has 1 aromatic heterocycles. The van der Waals surface area contributed by atoms with Gasteiger partial charge >= 0.3 is 0 Å². The minimum Gasteiger partial charge on any atom is -0.394 e. The standard InChI is InChI=1S/C13H21ClN4/c1-8-5-4-6-10(7-8)18(3)12-11(15)9(2)16-13(14)17-12/h8,10H,4-7,15H2,1-3H3. The SMILES string of the molecule is Cc1nc(Cl)nc(N(C)C2CCCC(C)C2)c1N. The van der Waals surface area contributed by atoms with E-state index in [1.165, 1.54) is 25.7 Å². The van der Waals surface area contributed by atoms with Gasteiger partial charge in [0.05, 0.1) is 11.4 Å². The Kier molecular flexibility index (Phi) is 3.95. The minimum absolute atomic E-state index is 0.271. The van der Waals surface area contributed by atoms with Crippen molar-refractivity contribution < 1.29 is 0 Å². The van der Waals surface area contributed by atoms with Gasteiger partial charge in [0.1, 0.15) is 0 Å². The summed E-state index contributed by atoms with van der Waals surface area (Å²) < 4.78 is 0. The molecule has 1 aromatic rings. The number of aromatic nitrogens is 2. The number of nitrogen functional groups attached to an aromatic ring is 1. The number of nitrogens with zero attached hydrogens (tertiary/aromatic N) is 3. The van der Waals surface area contributed by atoms with Crippen molar-refractivity contribution in [3.63, 3.8) is 0 Å². The second kappa shape index (κ2) is 5.31. The van der Waals surface area contributed by atoms with E-state index in [1.807, 2.05) is 6.92 Å². The molecule has 4 nitrogen and oxygen atoms in total. The zero-order chi connectivity index (χ0) is 13.3. The molecule has 2 atom stereocenters. The number of nitrogens with two attached hydrogens (primary N) is 1. The van der Waals surface area contributed by atoms with Crippen molar-refractivity contribution in [2.24, 2.45) is 5.92 Å². The molecule has 2 rings (SSSR count). The maximum Gasteiger partial charge on any atom is 0.224 e. The van der Waals surface area contributed by atoms with Crippen LogP contribution in [0, 0.1) is 12.8 Å². The Morgan fingerprint density at radius 2 is 2.06 bits per heavy atom. The van der Waals surface area contributed by atoms with E-state index in [4.69, 9.17) is 17.3 Å². The highest BCUT2D eigenvalue weighted by molar-refractivity contribution is 6.28. The quantitative estimate of drug-likeness (QED) is 0.838. The molecular formula is C13H21ClN4. The topological polar surface area (TPSA) is 55.0 Å². The molecule has 0 aliphatic heterocycles. The molecule has 0 amide bonds. The van der Waals surface area contributed by atoms with Crippen molar-refractivity contribution in [3.05, 3.63) is 11.0 Å². The van der Waals surface area contributed by atoms with Crippen molar-refractivity contribution in [2.75, 3.05) is 17.7 Å². The maximum atomic E-state index is 6.07. The zero-order valence-corrected chi connectivity index (χ0v) is 12.0. The molecule has 2 unspecified atom stereocenters. The van der Waals surface area contributed by atoms with E-state index < -0.39 is 0 Å². The monoisotopic (exact) mass is 268 g/mol. The predicted octanol–water partition coefficient (Wildman–Crippen LogP) is 3.04. The molecule has 1 saturated carbocycles. The highest BCUT2D eigenvalue weighted by Crippen LogP contribution is 2.32. The molecule has 18 heavy (non-hydrogen) atoms. The highest BCUT2D eigenvalue weighted by atomic mass is 35.5. The fraction of sp³-hybridized carbons (Fsp3) is 0.692. The third-order valence-corrected chi connectivity index (χ3v) is 4.05. The first-order valence-electron chi connectivity index (χ1n) is 6.51. The van der Waals surface area contributed by atoms with E-state index in [2.05, 4.69) is 28.8 Å². The zero-order valence-electron chi connectivity index (χ0n) is 11.3. The molecule has 5 heteroatoms. The lowest BCUT2D eigenvalue weighted by atomic mass is 9.86. The molecule has 0 saturated heterocycles. The summed E-state index contributed by atoms with van der Waals surface area (Å²) >= 11 is 5.93. The highest BCUT2D eigenvalue weighted by Gasteiger charge is 2.25. The second-order valence-electron chi connectivity index (χ2n) is 5.35. The lowest BCUT2D eigenvalue weighted by Gasteiger charge is -2.35. The largest absolute Gasteiger partial charge is 0.394 e. The molecule has 100 valence electrons. The summed E-state index contributed by atoms with van der Waals surface area (Å²) in [7, 11) is 2.05. The van der Waals surface area contributed by atoms with Gasteiger partial charge in [0, 0.05) is 13.1 Å². The second-order valence-corrected chi connectivity index (χ2v) is 5.69. The van der Waals surface area contributed by atoms with Crippen molar-refractivity contribution in [3.8, 4) is 0 Å². The van der Waals surface area contributed by atoms with Crippen molar-refractivity contribution in [1.29, 1.82) is 0 Å². The molecule has 0 bridgehead atoms. The summed E-state index contributed by atoms with van der Waals surface area (Å²) in [5.41, 5.74) is 7.46. The van der Waals surface area contributed by atoms with E-state index in [-0.39, 0.29) is 5.28 Å². The summed E-state index contributed by atoms with van der Waals surface area (Å²) in [6.45, 7) is 4.17. The Morgan fingerprint density at radius 1 is 1.33 bits per heavy atom. The third kappa shape index (κ3) is 2.69. The smallest absolute Gasteiger partial charge is 0.224 e. The van der Waals surface area contributed by atoms with E-state index in [9.17, 15) is 0 Å². The van der Waals surface area contributed by atoms with Crippen LogP contribution in [0.3, 0.4) is 0 Å². The molecule has 1 aliphatic carbocycles. The van der Waals surface area contributed by atoms with E-state index >= 15 is 0 Å². The molecule has 0 spiro atoms. The van der Waals surface area contributed by atoms with Gasteiger partial charge in [-0.3, -0.25) is 0 Å². The average Bonchev–Trinajstić information content (AvgIpc) is 2.33. The Labute approximate surface area is 114 Å². The summed E-state index contributed by atoms with van der Waals surface area (Å²) in [6, 6.07) is 0.501. The van der Waals surface area contributed by atoms with E-state index in [1.54, 1.807) is 0 Å². The van der Waals surface area contributed by atoms with Gasteiger partial charge in [-0.25, -0.2) is 4.98 Å². The lowest BCUT2D eigenvalue weighted by molar-refractivity contribution is 0.335. The number of halogens is 1. The van der Waals surface area contributed by atoms with Gasteiger partial charge in [-0.15, -0.1) is 0 Å². The molecule has 1 heterocycles. The predicted molar refractivity (Wildman–Crippen MR) is 76.0 cm³/mol. The maximum absolute atomic E-state index is 6.07. The number of anilines is 2. The Hall–Kier alpha value is -1.03. The average molecular weight is 269 g/mol. The van der Waals surface area contributed by atoms with Gasteiger partial charge in [-0.1, -0.05) is 19.8 Å². The fourth-order valence-electron chi connectivity index (χ4n) is 2.73. The normalized spacial score (nSPS) is 24.0. The molecule has 2 N–H and O–H groups in total. The molecule has 0 radical (unpaired) electrons. The first-order chi connectivity index (χ1) is 8.49. The lowest BCUT2D eigenvalue weighted by Crippen LogP contribution is -2.36. The van der Waals surface area contributed by atoms with Gasteiger partial charge < -0.3 is 10.6 Å². The van der Waals surface area contributed by atoms with Gasteiger partial charge in [0.25, 0.3) is 0 Å². The van der Waals surface area contributed by atoms with Crippen molar-refractivity contribution in [1.82, 2.24) is 9.97 Å². The first kappa shape index (κ1) is 13.4. The van der Waals surface area contributed by atoms with Gasteiger partial charge in [-0.05, 0) is 37.3 Å². The Balaban J connectivity index is 2.25. The van der Waals surface area contributed by atoms with E-state index in [0.29, 0.717) is 11.7 Å². The summed E-state index contributed by atoms with van der Waals surface area (Å²) in [6.07, 6.45) is 4.98. The van der Waals surface area contributed by atoms with Crippen LogP contribution in [0.15, 0.2) is 0 Å². The van der Waals surface area contributed by atoms with Crippen LogP contribution in [0.2, 0.25) is 5.28 Å². The Morgan fingerprint density at radius 3 is 2.72 bits per heavy atom. The Bertz CT molecular complexity index is 435. The number of hydrogen-bond donors (Lipinski definition) is 1. The van der Waals surface area contributed by atoms with Crippen LogP contribution in [0.4, 0.5) is 11.5 Å². The summed E-state index contributed by atoms with van der Waals surface area (Å²) in [5, 5.41) is 0.271. The van der Waals surface area contributed by atoms with Crippen LogP contribution in [0.25, 0.3) is 0 Å². The molecular weight excluding hydrogens is 248 g/mol. The van der Waals surface area contributed by atoms with Gasteiger partial charge in [0.2, 0.25) is 5.28 Å². The van der Waals surface area contributed by atoms with Gasteiger partial charge in [-0.2, -0.15) is 4.98 Å². The molecule has 1 fully saturated rings.